The highest BCUT2D eigenvalue weighted by Gasteiger charge is 2.01. The van der Waals surface area contributed by atoms with Gasteiger partial charge in [-0.1, -0.05) is 24.3 Å². The van der Waals surface area contributed by atoms with E-state index in [2.05, 4.69) is 63.9 Å². The van der Waals surface area contributed by atoms with Crippen LogP contribution in [0.25, 0.3) is 11.1 Å². The third-order valence-electron chi connectivity index (χ3n) is 2.80. The zero-order valence-electron chi connectivity index (χ0n) is 11.3. The zero-order valence-corrected chi connectivity index (χ0v) is 13.4. The van der Waals surface area contributed by atoms with Crippen LogP contribution in [0, 0.1) is 3.57 Å². The van der Waals surface area contributed by atoms with Gasteiger partial charge in [0, 0.05) is 10.1 Å². The molecule has 100 valence electrons. The fourth-order valence-electron chi connectivity index (χ4n) is 1.78. The minimum Gasteiger partial charge on any atom is -0.492 e. The Labute approximate surface area is 128 Å². The molecule has 0 saturated carbocycles. The fourth-order valence-corrected chi connectivity index (χ4v) is 2.32. The van der Waals surface area contributed by atoms with Gasteiger partial charge in [0.2, 0.25) is 0 Å². The molecule has 0 amide bonds. The first-order valence-corrected chi connectivity index (χ1v) is 7.36. The summed E-state index contributed by atoms with van der Waals surface area (Å²) in [5, 5.41) is 0. The Kier molecular flexibility index (Phi) is 5.22. The van der Waals surface area contributed by atoms with E-state index in [1.54, 1.807) is 0 Å². The molecule has 0 radical (unpaired) electrons. The number of hydrogen-bond acceptors (Lipinski definition) is 2. The molecule has 0 heterocycles. The summed E-state index contributed by atoms with van der Waals surface area (Å²) in [7, 11) is 4.09. The molecule has 0 aliphatic rings. The van der Waals surface area contributed by atoms with Gasteiger partial charge in [0.05, 0.1) is 0 Å². The maximum absolute atomic E-state index is 5.77. The van der Waals surface area contributed by atoms with Crippen molar-refractivity contribution in [2.75, 3.05) is 27.2 Å². The van der Waals surface area contributed by atoms with Crippen LogP contribution in [0.2, 0.25) is 0 Å². The first kappa shape index (κ1) is 14.3. The second kappa shape index (κ2) is 6.91. The highest BCUT2D eigenvalue weighted by Crippen LogP contribution is 2.25. The Balaban J connectivity index is 2.11. The van der Waals surface area contributed by atoms with Crippen molar-refractivity contribution in [3.8, 4) is 16.9 Å². The maximum atomic E-state index is 5.77. The van der Waals surface area contributed by atoms with Crippen molar-refractivity contribution in [1.29, 1.82) is 0 Å². The number of ether oxygens (including phenoxy) is 1. The van der Waals surface area contributed by atoms with Gasteiger partial charge in [0.1, 0.15) is 12.4 Å². The van der Waals surface area contributed by atoms with Gasteiger partial charge < -0.3 is 9.64 Å². The Morgan fingerprint density at radius 1 is 1.00 bits per heavy atom. The number of nitrogens with zero attached hydrogens (tertiary/aromatic N) is 1. The van der Waals surface area contributed by atoms with E-state index >= 15 is 0 Å². The average molecular weight is 367 g/mol. The molecule has 19 heavy (non-hydrogen) atoms. The molecule has 0 N–H and O–H groups in total. The predicted octanol–water partition coefficient (Wildman–Crippen LogP) is 3.90. The van der Waals surface area contributed by atoms with Gasteiger partial charge >= 0.3 is 0 Å². The van der Waals surface area contributed by atoms with Crippen molar-refractivity contribution in [3.05, 3.63) is 52.1 Å². The molecule has 0 aliphatic carbocycles. The molecule has 0 fully saturated rings. The molecular weight excluding hydrogens is 349 g/mol. The predicted molar refractivity (Wildman–Crippen MR) is 88.6 cm³/mol. The molecule has 2 aromatic rings. The van der Waals surface area contributed by atoms with Gasteiger partial charge in [-0.3, -0.25) is 0 Å². The number of benzene rings is 2. The monoisotopic (exact) mass is 367 g/mol. The summed E-state index contributed by atoms with van der Waals surface area (Å²) in [6.45, 7) is 1.64. The Hall–Kier alpha value is -1.07. The van der Waals surface area contributed by atoms with Crippen LogP contribution in [0.15, 0.2) is 48.5 Å². The number of likely N-dealkylation sites (N-methyl/N-ethyl adjacent to an activating group) is 1. The van der Waals surface area contributed by atoms with Crippen molar-refractivity contribution in [3.63, 3.8) is 0 Å². The number of rotatable bonds is 5. The Bertz CT molecular complexity index is 540. The second-order valence-corrected chi connectivity index (χ2v) is 5.94. The van der Waals surface area contributed by atoms with Crippen LogP contribution in [0.5, 0.6) is 5.75 Å². The fraction of sp³-hybridized carbons (Fsp3) is 0.250. The molecule has 0 saturated heterocycles. The third-order valence-corrected chi connectivity index (χ3v) is 3.47. The normalized spacial score (nSPS) is 10.7. The SMILES string of the molecule is CN(C)CCOc1cccc(-c2cccc(I)c2)c1. The summed E-state index contributed by atoms with van der Waals surface area (Å²) in [5.41, 5.74) is 2.42. The topological polar surface area (TPSA) is 12.5 Å². The first-order valence-electron chi connectivity index (χ1n) is 6.29. The molecule has 0 atom stereocenters. The minimum atomic E-state index is 0.711. The summed E-state index contributed by atoms with van der Waals surface area (Å²) in [6.07, 6.45) is 0. The van der Waals surface area contributed by atoms with Gasteiger partial charge in [-0.05, 0) is 72.1 Å². The van der Waals surface area contributed by atoms with E-state index in [4.69, 9.17) is 4.74 Å². The van der Waals surface area contributed by atoms with E-state index in [1.807, 2.05) is 26.2 Å². The van der Waals surface area contributed by atoms with Crippen molar-refractivity contribution < 1.29 is 4.74 Å². The van der Waals surface area contributed by atoms with E-state index in [1.165, 1.54) is 14.7 Å². The lowest BCUT2D eigenvalue weighted by molar-refractivity contribution is 0.261. The van der Waals surface area contributed by atoms with Crippen molar-refractivity contribution >= 4 is 22.6 Å². The number of hydrogen-bond donors (Lipinski definition) is 0. The lowest BCUT2D eigenvalue weighted by Gasteiger charge is -2.12. The van der Waals surface area contributed by atoms with E-state index in [0.29, 0.717) is 6.61 Å². The maximum Gasteiger partial charge on any atom is 0.119 e. The molecule has 3 heteroatoms. The molecule has 0 unspecified atom stereocenters. The summed E-state index contributed by atoms with van der Waals surface area (Å²) < 4.78 is 7.01. The van der Waals surface area contributed by atoms with Crippen LogP contribution < -0.4 is 4.74 Å². The van der Waals surface area contributed by atoms with E-state index in [9.17, 15) is 0 Å². The number of halogens is 1. The van der Waals surface area contributed by atoms with Crippen LogP contribution in [0.1, 0.15) is 0 Å². The molecule has 0 aromatic heterocycles. The van der Waals surface area contributed by atoms with E-state index in [0.717, 1.165) is 12.3 Å². The Morgan fingerprint density at radius 3 is 2.37 bits per heavy atom. The summed E-state index contributed by atoms with van der Waals surface area (Å²) in [4.78, 5) is 2.11. The lowest BCUT2D eigenvalue weighted by Crippen LogP contribution is -2.19. The quantitative estimate of drug-likeness (QED) is 0.744. The van der Waals surface area contributed by atoms with E-state index in [-0.39, 0.29) is 0 Å². The lowest BCUT2D eigenvalue weighted by atomic mass is 10.1. The molecule has 2 nitrogen and oxygen atoms in total. The first-order chi connectivity index (χ1) is 9.15. The van der Waals surface area contributed by atoms with Crippen molar-refractivity contribution in [2.45, 2.75) is 0 Å². The largest absolute Gasteiger partial charge is 0.492 e. The van der Waals surface area contributed by atoms with Crippen LogP contribution in [0.3, 0.4) is 0 Å². The van der Waals surface area contributed by atoms with Crippen LogP contribution in [-0.2, 0) is 0 Å². The molecule has 0 spiro atoms. The van der Waals surface area contributed by atoms with Crippen LogP contribution in [-0.4, -0.2) is 32.1 Å². The van der Waals surface area contributed by atoms with Crippen LogP contribution >= 0.6 is 22.6 Å². The van der Waals surface area contributed by atoms with E-state index < -0.39 is 0 Å². The summed E-state index contributed by atoms with van der Waals surface area (Å²) in [5.74, 6) is 0.929. The van der Waals surface area contributed by atoms with Gasteiger partial charge in [-0.2, -0.15) is 0 Å². The highest BCUT2D eigenvalue weighted by molar-refractivity contribution is 14.1. The molecule has 2 rings (SSSR count). The van der Waals surface area contributed by atoms with Gasteiger partial charge in [-0.25, -0.2) is 0 Å². The zero-order chi connectivity index (χ0) is 13.7. The Morgan fingerprint density at radius 2 is 1.68 bits per heavy atom. The summed E-state index contributed by atoms with van der Waals surface area (Å²) >= 11 is 2.33. The second-order valence-electron chi connectivity index (χ2n) is 4.69. The third kappa shape index (κ3) is 4.51. The van der Waals surface area contributed by atoms with Crippen molar-refractivity contribution in [2.24, 2.45) is 0 Å². The molecule has 0 bridgehead atoms. The van der Waals surface area contributed by atoms with Gasteiger partial charge in [0.25, 0.3) is 0 Å². The highest BCUT2D eigenvalue weighted by atomic mass is 127. The average Bonchev–Trinajstić information content (AvgIpc) is 2.39. The smallest absolute Gasteiger partial charge is 0.119 e. The van der Waals surface area contributed by atoms with Gasteiger partial charge in [-0.15, -0.1) is 0 Å². The summed E-state index contributed by atoms with van der Waals surface area (Å²) in [6, 6.07) is 16.7. The molecule has 2 aromatic carbocycles. The van der Waals surface area contributed by atoms with Crippen LogP contribution in [0.4, 0.5) is 0 Å². The van der Waals surface area contributed by atoms with Gasteiger partial charge in [0.15, 0.2) is 0 Å². The molecule has 0 aliphatic heterocycles. The minimum absolute atomic E-state index is 0.711. The standard InChI is InChI=1S/C16H18INO/c1-18(2)9-10-19-16-8-4-6-14(12-16)13-5-3-7-15(17)11-13/h3-8,11-12H,9-10H2,1-2H3. The molecular formula is C16H18INO. The van der Waals surface area contributed by atoms with Crippen molar-refractivity contribution in [1.82, 2.24) is 4.90 Å².